The molecule has 104 valence electrons. The molecule has 1 unspecified atom stereocenters. The number of nitrogens with zero attached hydrogens (tertiary/aromatic N) is 1. The van der Waals surface area contributed by atoms with Crippen LogP contribution in [0.25, 0.3) is 0 Å². The first-order valence-corrected chi connectivity index (χ1v) is 7.82. The van der Waals surface area contributed by atoms with Crippen molar-refractivity contribution in [1.82, 2.24) is 4.90 Å². The lowest BCUT2D eigenvalue weighted by Crippen LogP contribution is -2.51. The van der Waals surface area contributed by atoms with Gasteiger partial charge in [-0.2, -0.15) is 11.8 Å². The van der Waals surface area contributed by atoms with Crippen LogP contribution in [0, 0.1) is 0 Å². The second-order valence-electron chi connectivity index (χ2n) is 6.39. The monoisotopic (exact) mass is 272 g/mol. The summed E-state index contributed by atoms with van der Waals surface area (Å²) in [7, 11) is 0. The predicted octanol–water partition coefficient (Wildman–Crippen LogP) is 2.22. The van der Waals surface area contributed by atoms with Gasteiger partial charge < -0.3 is 15.4 Å². The van der Waals surface area contributed by atoms with Gasteiger partial charge in [-0.3, -0.25) is 0 Å². The minimum Gasteiger partial charge on any atom is -0.444 e. The molecule has 1 atom stereocenters. The molecule has 0 aromatic carbocycles. The molecule has 4 nitrogen and oxygen atoms in total. The van der Waals surface area contributed by atoms with Crippen LogP contribution in [0.3, 0.4) is 0 Å². The molecule has 2 aliphatic rings. The van der Waals surface area contributed by atoms with Crippen molar-refractivity contribution in [3.8, 4) is 0 Å². The summed E-state index contributed by atoms with van der Waals surface area (Å²) in [5.74, 6) is 2.23. The van der Waals surface area contributed by atoms with Gasteiger partial charge in [0.25, 0.3) is 0 Å². The van der Waals surface area contributed by atoms with Gasteiger partial charge in [0.1, 0.15) is 5.60 Å². The minimum absolute atomic E-state index is 0.0347. The Morgan fingerprint density at radius 2 is 2.00 bits per heavy atom. The Labute approximate surface area is 114 Å². The molecule has 2 N–H and O–H groups in total. The van der Waals surface area contributed by atoms with E-state index in [9.17, 15) is 4.79 Å². The standard InChI is InChI=1S/C13H24N2O2S/c1-12(2,3)17-11(16)15-9-10(14)8-13(15)4-6-18-7-5-13/h10H,4-9,14H2,1-3H3. The van der Waals surface area contributed by atoms with Crippen LogP contribution < -0.4 is 5.73 Å². The molecule has 0 aromatic heterocycles. The van der Waals surface area contributed by atoms with Crippen molar-refractivity contribution in [3.63, 3.8) is 0 Å². The van der Waals surface area contributed by atoms with Crippen LogP contribution >= 0.6 is 11.8 Å². The van der Waals surface area contributed by atoms with E-state index in [2.05, 4.69) is 0 Å². The summed E-state index contributed by atoms with van der Waals surface area (Å²) in [5.41, 5.74) is 5.61. The SMILES string of the molecule is CC(C)(C)OC(=O)N1CC(N)CC12CCSCC2. The summed E-state index contributed by atoms with van der Waals surface area (Å²) in [6, 6.07) is 0.0978. The van der Waals surface area contributed by atoms with Crippen LogP contribution in [0.2, 0.25) is 0 Å². The molecule has 5 heteroatoms. The molecule has 2 heterocycles. The molecule has 0 aromatic rings. The van der Waals surface area contributed by atoms with Gasteiger partial charge in [0.15, 0.2) is 0 Å². The van der Waals surface area contributed by atoms with E-state index in [0.717, 1.165) is 30.8 Å². The summed E-state index contributed by atoms with van der Waals surface area (Å²) < 4.78 is 5.52. The number of rotatable bonds is 0. The Morgan fingerprint density at radius 1 is 1.39 bits per heavy atom. The molecule has 0 bridgehead atoms. The highest BCUT2D eigenvalue weighted by Crippen LogP contribution is 2.40. The molecule has 18 heavy (non-hydrogen) atoms. The third-order valence-corrected chi connectivity index (χ3v) is 4.65. The summed E-state index contributed by atoms with van der Waals surface area (Å²) in [4.78, 5) is 14.2. The average Bonchev–Trinajstić information content (AvgIpc) is 2.54. The zero-order chi connectivity index (χ0) is 13.4. The quantitative estimate of drug-likeness (QED) is 0.734. The Morgan fingerprint density at radius 3 is 2.56 bits per heavy atom. The van der Waals surface area contributed by atoms with Crippen LogP contribution in [-0.4, -0.2) is 46.2 Å². The third kappa shape index (κ3) is 2.94. The highest BCUT2D eigenvalue weighted by Gasteiger charge is 2.48. The van der Waals surface area contributed by atoms with Crippen LogP contribution in [0.4, 0.5) is 4.79 Å². The fraction of sp³-hybridized carbons (Fsp3) is 0.923. The Kier molecular flexibility index (Phi) is 3.83. The number of carbonyl (C=O) groups is 1. The van der Waals surface area contributed by atoms with E-state index < -0.39 is 5.60 Å². The molecule has 2 saturated heterocycles. The summed E-state index contributed by atoms with van der Waals surface area (Å²) in [5, 5.41) is 0. The molecular formula is C13H24N2O2S. The smallest absolute Gasteiger partial charge is 0.410 e. The van der Waals surface area contributed by atoms with Gasteiger partial charge in [0, 0.05) is 18.1 Å². The van der Waals surface area contributed by atoms with E-state index in [1.54, 1.807) is 0 Å². The Balaban J connectivity index is 2.11. The van der Waals surface area contributed by atoms with Gasteiger partial charge in [-0.1, -0.05) is 0 Å². The fourth-order valence-corrected chi connectivity index (χ4v) is 4.15. The van der Waals surface area contributed by atoms with Crippen molar-refractivity contribution in [3.05, 3.63) is 0 Å². The van der Waals surface area contributed by atoms with Crippen molar-refractivity contribution < 1.29 is 9.53 Å². The topological polar surface area (TPSA) is 55.6 Å². The first-order valence-electron chi connectivity index (χ1n) is 6.66. The fourth-order valence-electron chi connectivity index (χ4n) is 2.90. The second-order valence-corrected chi connectivity index (χ2v) is 7.62. The van der Waals surface area contributed by atoms with Gasteiger partial charge in [0.2, 0.25) is 0 Å². The predicted molar refractivity (Wildman–Crippen MR) is 74.8 cm³/mol. The number of nitrogens with two attached hydrogens (primary N) is 1. The highest BCUT2D eigenvalue weighted by molar-refractivity contribution is 7.99. The van der Waals surface area contributed by atoms with Gasteiger partial charge in [-0.25, -0.2) is 4.79 Å². The molecule has 0 aliphatic carbocycles. The molecule has 2 rings (SSSR count). The van der Waals surface area contributed by atoms with Gasteiger partial charge >= 0.3 is 6.09 Å². The number of thioether (sulfide) groups is 1. The summed E-state index contributed by atoms with van der Waals surface area (Å²) in [6.07, 6.45) is 2.82. The molecular weight excluding hydrogens is 248 g/mol. The van der Waals surface area contributed by atoms with Gasteiger partial charge in [-0.15, -0.1) is 0 Å². The normalized spacial score (nSPS) is 27.6. The maximum absolute atomic E-state index is 12.3. The van der Waals surface area contributed by atoms with Gasteiger partial charge in [0.05, 0.1) is 0 Å². The highest BCUT2D eigenvalue weighted by atomic mass is 32.2. The molecule has 1 amide bonds. The number of carbonyl (C=O) groups excluding carboxylic acids is 1. The molecule has 2 fully saturated rings. The molecule has 2 aliphatic heterocycles. The van der Waals surface area contributed by atoms with Crippen LogP contribution in [-0.2, 0) is 4.74 Å². The number of hydrogen-bond acceptors (Lipinski definition) is 4. The Bertz CT molecular complexity index is 321. The average molecular weight is 272 g/mol. The van der Waals surface area contributed by atoms with E-state index in [1.807, 2.05) is 37.4 Å². The van der Waals surface area contributed by atoms with Crippen molar-refractivity contribution in [1.29, 1.82) is 0 Å². The maximum atomic E-state index is 12.3. The largest absolute Gasteiger partial charge is 0.444 e. The van der Waals surface area contributed by atoms with E-state index in [0.29, 0.717) is 6.54 Å². The van der Waals surface area contributed by atoms with Crippen LogP contribution in [0.1, 0.15) is 40.0 Å². The number of likely N-dealkylation sites (tertiary alicyclic amines) is 1. The maximum Gasteiger partial charge on any atom is 0.410 e. The van der Waals surface area contributed by atoms with E-state index >= 15 is 0 Å². The second kappa shape index (κ2) is 4.93. The van der Waals surface area contributed by atoms with Crippen molar-refractivity contribution in [2.45, 2.75) is 57.2 Å². The van der Waals surface area contributed by atoms with Crippen molar-refractivity contribution in [2.75, 3.05) is 18.1 Å². The Hall–Kier alpha value is -0.420. The van der Waals surface area contributed by atoms with Crippen molar-refractivity contribution >= 4 is 17.9 Å². The van der Waals surface area contributed by atoms with Crippen molar-refractivity contribution in [2.24, 2.45) is 5.73 Å². The number of hydrogen-bond donors (Lipinski definition) is 1. The lowest BCUT2D eigenvalue weighted by Gasteiger charge is -2.41. The molecule has 0 saturated carbocycles. The summed E-state index contributed by atoms with van der Waals surface area (Å²) in [6.45, 7) is 6.36. The molecule has 0 radical (unpaired) electrons. The molecule has 1 spiro atoms. The summed E-state index contributed by atoms with van der Waals surface area (Å²) >= 11 is 1.96. The van der Waals surface area contributed by atoms with E-state index in [-0.39, 0.29) is 17.7 Å². The van der Waals surface area contributed by atoms with Crippen LogP contribution in [0.5, 0.6) is 0 Å². The lowest BCUT2D eigenvalue weighted by atomic mass is 9.88. The van der Waals surface area contributed by atoms with E-state index in [1.165, 1.54) is 0 Å². The lowest BCUT2D eigenvalue weighted by molar-refractivity contribution is 0.00613. The van der Waals surface area contributed by atoms with Gasteiger partial charge in [-0.05, 0) is 51.5 Å². The first kappa shape index (κ1) is 14.0. The van der Waals surface area contributed by atoms with E-state index in [4.69, 9.17) is 10.5 Å². The minimum atomic E-state index is -0.436. The third-order valence-electron chi connectivity index (χ3n) is 3.67. The number of amides is 1. The first-order chi connectivity index (χ1) is 8.32. The van der Waals surface area contributed by atoms with Crippen LogP contribution in [0.15, 0.2) is 0 Å². The number of ether oxygens (including phenoxy) is 1. The zero-order valence-electron chi connectivity index (χ0n) is 11.6. The zero-order valence-corrected chi connectivity index (χ0v) is 12.4.